The van der Waals surface area contributed by atoms with Crippen LogP contribution in [0.4, 0.5) is 5.69 Å². The molecule has 5 heteroatoms. The van der Waals surface area contributed by atoms with E-state index in [-0.39, 0.29) is 12.0 Å². The first-order valence-electron chi connectivity index (χ1n) is 9.17. The molecule has 0 atom stereocenters. The lowest BCUT2D eigenvalue weighted by Crippen LogP contribution is -2.08. The highest BCUT2D eigenvalue weighted by Gasteiger charge is 2.05. The number of hydrogen-bond donors (Lipinski definition) is 1. The zero-order valence-corrected chi connectivity index (χ0v) is 16.3. The molecule has 1 amide bonds. The molecule has 0 heterocycles. The predicted octanol–water partition coefficient (Wildman–Crippen LogP) is 4.92. The van der Waals surface area contributed by atoms with Crippen LogP contribution in [0.1, 0.15) is 33.3 Å². The molecule has 2 rings (SSSR count). The fourth-order valence-electron chi connectivity index (χ4n) is 2.42. The van der Waals surface area contributed by atoms with E-state index in [9.17, 15) is 4.79 Å². The number of carbonyl (C=O) groups is 1. The van der Waals surface area contributed by atoms with Gasteiger partial charge in [0.15, 0.2) is 11.5 Å². The van der Waals surface area contributed by atoms with Gasteiger partial charge in [0.05, 0.1) is 19.3 Å². The molecule has 0 saturated carbocycles. The second kappa shape index (κ2) is 10.3. The Labute approximate surface area is 161 Å². The Morgan fingerprint density at radius 3 is 2.30 bits per heavy atom. The molecule has 2 aromatic rings. The molecule has 0 aliphatic heterocycles. The lowest BCUT2D eigenvalue weighted by molar-refractivity contribution is -0.111. The number of nitrogens with one attached hydrogen (secondary N) is 1. The van der Waals surface area contributed by atoms with Gasteiger partial charge in [0.1, 0.15) is 5.75 Å². The van der Waals surface area contributed by atoms with Crippen LogP contribution in [0.25, 0.3) is 6.08 Å². The summed E-state index contributed by atoms with van der Waals surface area (Å²) in [6.45, 7) is 8.90. The number of ether oxygens (including phenoxy) is 3. The van der Waals surface area contributed by atoms with E-state index in [2.05, 4.69) is 5.32 Å². The smallest absolute Gasteiger partial charge is 0.248 e. The monoisotopic (exact) mass is 369 g/mol. The second-order valence-corrected chi connectivity index (χ2v) is 6.09. The van der Waals surface area contributed by atoms with Crippen molar-refractivity contribution in [2.75, 3.05) is 18.5 Å². The van der Waals surface area contributed by atoms with Crippen molar-refractivity contribution in [2.24, 2.45) is 0 Å². The number of benzene rings is 2. The Morgan fingerprint density at radius 1 is 1.00 bits per heavy atom. The molecule has 0 aliphatic carbocycles. The van der Waals surface area contributed by atoms with Crippen molar-refractivity contribution in [3.63, 3.8) is 0 Å². The Bertz CT molecular complexity index is 766. The fraction of sp³-hybridized carbons (Fsp3) is 0.318. The van der Waals surface area contributed by atoms with Gasteiger partial charge in [-0.1, -0.05) is 6.07 Å². The molecule has 0 saturated heterocycles. The van der Waals surface area contributed by atoms with Crippen molar-refractivity contribution in [2.45, 2.75) is 33.8 Å². The van der Waals surface area contributed by atoms with E-state index in [0.717, 1.165) is 11.3 Å². The van der Waals surface area contributed by atoms with E-state index in [4.69, 9.17) is 14.2 Å². The third-order valence-corrected chi connectivity index (χ3v) is 3.49. The van der Waals surface area contributed by atoms with Gasteiger partial charge in [-0.15, -0.1) is 0 Å². The van der Waals surface area contributed by atoms with Crippen LogP contribution in [0.3, 0.4) is 0 Å². The third kappa shape index (κ3) is 6.70. The van der Waals surface area contributed by atoms with E-state index in [0.29, 0.717) is 30.4 Å². The van der Waals surface area contributed by atoms with Crippen LogP contribution in [0.5, 0.6) is 17.2 Å². The minimum Gasteiger partial charge on any atom is -0.491 e. The summed E-state index contributed by atoms with van der Waals surface area (Å²) in [5.41, 5.74) is 1.57. The lowest BCUT2D eigenvalue weighted by Gasteiger charge is -2.11. The lowest BCUT2D eigenvalue weighted by atomic mass is 10.2. The zero-order valence-electron chi connectivity index (χ0n) is 16.3. The van der Waals surface area contributed by atoms with E-state index < -0.39 is 0 Å². The van der Waals surface area contributed by atoms with Crippen LogP contribution >= 0.6 is 0 Å². The molecule has 27 heavy (non-hydrogen) atoms. The van der Waals surface area contributed by atoms with Crippen LogP contribution in [0, 0.1) is 0 Å². The molecule has 0 radical (unpaired) electrons. The number of hydrogen-bond acceptors (Lipinski definition) is 4. The Kier molecular flexibility index (Phi) is 7.74. The minimum absolute atomic E-state index is 0.115. The number of rotatable bonds is 9. The zero-order chi connectivity index (χ0) is 19.6. The van der Waals surface area contributed by atoms with Gasteiger partial charge in [-0.05, 0) is 75.7 Å². The quantitative estimate of drug-likeness (QED) is 0.637. The highest BCUT2D eigenvalue weighted by atomic mass is 16.5. The van der Waals surface area contributed by atoms with Crippen LogP contribution in [-0.2, 0) is 4.79 Å². The molecular weight excluding hydrogens is 342 g/mol. The van der Waals surface area contributed by atoms with E-state index in [1.54, 1.807) is 6.08 Å². The molecule has 0 unspecified atom stereocenters. The summed E-state index contributed by atoms with van der Waals surface area (Å²) in [4.78, 5) is 12.1. The fourth-order valence-corrected chi connectivity index (χ4v) is 2.42. The SMILES string of the molecule is CCOc1ccc(/C=C/C(=O)Nc2ccc(OC(C)C)cc2)cc1OCC. The highest BCUT2D eigenvalue weighted by molar-refractivity contribution is 6.01. The Balaban J connectivity index is 2.00. The molecule has 2 aromatic carbocycles. The van der Waals surface area contributed by atoms with E-state index in [1.807, 2.05) is 70.2 Å². The minimum atomic E-state index is -0.209. The first kappa shape index (κ1) is 20.4. The van der Waals surface area contributed by atoms with Gasteiger partial charge in [0, 0.05) is 11.8 Å². The van der Waals surface area contributed by atoms with Crippen LogP contribution in [0.15, 0.2) is 48.5 Å². The summed E-state index contributed by atoms with van der Waals surface area (Å²) in [5, 5.41) is 2.83. The summed E-state index contributed by atoms with van der Waals surface area (Å²) in [5.74, 6) is 1.93. The average Bonchev–Trinajstić information content (AvgIpc) is 2.63. The normalized spacial score (nSPS) is 10.9. The summed E-state index contributed by atoms with van der Waals surface area (Å²) >= 11 is 0. The molecule has 5 nitrogen and oxygen atoms in total. The molecular formula is C22H27NO4. The van der Waals surface area contributed by atoms with E-state index >= 15 is 0 Å². The van der Waals surface area contributed by atoms with Crippen molar-refractivity contribution in [3.8, 4) is 17.2 Å². The summed E-state index contributed by atoms with van der Waals surface area (Å²) in [6.07, 6.45) is 3.34. The standard InChI is InChI=1S/C22H27NO4/c1-5-25-20-13-7-17(15-21(20)26-6-2)8-14-22(24)23-18-9-11-19(12-10-18)27-16(3)4/h7-16H,5-6H2,1-4H3,(H,23,24)/b14-8+. The topological polar surface area (TPSA) is 56.8 Å². The van der Waals surface area contributed by atoms with Crippen molar-refractivity contribution >= 4 is 17.7 Å². The molecule has 0 bridgehead atoms. The number of carbonyl (C=O) groups excluding carboxylic acids is 1. The maximum atomic E-state index is 12.1. The van der Waals surface area contributed by atoms with Crippen LogP contribution in [0.2, 0.25) is 0 Å². The summed E-state index contributed by atoms with van der Waals surface area (Å²) < 4.78 is 16.7. The van der Waals surface area contributed by atoms with Crippen LogP contribution in [-0.4, -0.2) is 25.2 Å². The average molecular weight is 369 g/mol. The number of amides is 1. The molecule has 1 N–H and O–H groups in total. The van der Waals surface area contributed by atoms with Gasteiger partial charge >= 0.3 is 0 Å². The first-order chi connectivity index (χ1) is 13.0. The van der Waals surface area contributed by atoms with Gasteiger partial charge < -0.3 is 19.5 Å². The van der Waals surface area contributed by atoms with Gasteiger partial charge in [-0.25, -0.2) is 0 Å². The van der Waals surface area contributed by atoms with Gasteiger partial charge in [-0.3, -0.25) is 4.79 Å². The van der Waals surface area contributed by atoms with Crippen molar-refractivity contribution in [1.82, 2.24) is 0 Å². The molecule has 144 valence electrons. The molecule has 0 spiro atoms. The highest BCUT2D eigenvalue weighted by Crippen LogP contribution is 2.29. The number of anilines is 1. The summed E-state index contributed by atoms with van der Waals surface area (Å²) in [7, 11) is 0. The maximum Gasteiger partial charge on any atom is 0.248 e. The van der Waals surface area contributed by atoms with Gasteiger partial charge in [0.2, 0.25) is 5.91 Å². The van der Waals surface area contributed by atoms with E-state index in [1.165, 1.54) is 6.08 Å². The first-order valence-corrected chi connectivity index (χ1v) is 9.17. The molecule has 0 aromatic heterocycles. The largest absolute Gasteiger partial charge is 0.491 e. The van der Waals surface area contributed by atoms with Gasteiger partial charge in [-0.2, -0.15) is 0 Å². The Hall–Kier alpha value is -2.95. The molecule has 0 fully saturated rings. The Morgan fingerprint density at radius 2 is 1.67 bits per heavy atom. The van der Waals surface area contributed by atoms with Crippen LogP contribution < -0.4 is 19.5 Å². The second-order valence-electron chi connectivity index (χ2n) is 6.09. The molecule has 0 aliphatic rings. The van der Waals surface area contributed by atoms with Crippen molar-refractivity contribution in [3.05, 3.63) is 54.1 Å². The third-order valence-electron chi connectivity index (χ3n) is 3.49. The van der Waals surface area contributed by atoms with Crippen molar-refractivity contribution in [1.29, 1.82) is 0 Å². The van der Waals surface area contributed by atoms with Crippen molar-refractivity contribution < 1.29 is 19.0 Å². The maximum absolute atomic E-state index is 12.1. The van der Waals surface area contributed by atoms with Gasteiger partial charge in [0.25, 0.3) is 0 Å². The summed E-state index contributed by atoms with van der Waals surface area (Å²) in [6, 6.07) is 12.9. The predicted molar refractivity (Wildman–Crippen MR) is 109 cm³/mol.